The Morgan fingerprint density at radius 2 is 1.89 bits per heavy atom. The summed E-state index contributed by atoms with van der Waals surface area (Å²) in [7, 11) is 0. The van der Waals surface area contributed by atoms with Gasteiger partial charge in [0.05, 0.1) is 13.2 Å². The molecule has 0 saturated heterocycles. The Bertz CT molecular complexity index is 446. The molecule has 0 N–H and O–H groups in total. The molecule has 0 bridgehead atoms. The van der Waals surface area contributed by atoms with Crippen molar-refractivity contribution in [3.63, 3.8) is 0 Å². The molecule has 0 spiro atoms. The average molecular weight is 282 g/mol. The molecule has 18 heavy (non-hydrogen) atoms. The van der Waals surface area contributed by atoms with Crippen molar-refractivity contribution in [2.45, 2.75) is 11.3 Å². The minimum atomic E-state index is 0.651. The van der Waals surface area contributed by atoms with Crippen LogP contribution >= 0.6 is 23.1 Å². The Morgan fingerprint density at radius 3 is 2.50 bits per heavy atom. The molecule has 1 aromatic carbocycles. The third kappa shape index (κ3) is 4.19. The van der Waals surface area contributed by atoms with Gasteiger partial charge in [-0.05, 0) is 31.2 Å². The number of hydrogen-bond donors (Lipinski definition) is 0. The van der Waals surface area contributed by atoms with Gasteiger partial charge in [0, 0.05) is 5.75 Å². The van der Waals surface area contributed by atoms with Gasteiger partial charge in [0.25, 0.3) is 0 Å². The van der Waals surface area contributed by atoms with Crippen LogP contribution in [0.25, 0.3) is 0 Å². The Balaban J connectivity index is 1.69. The summed E-state index contributed by atoms with van der Waals surface area (Å²) in [6.07, 6.45) is 0. The van der Waals surface area contributed by atoms with Gasteiger partial charge in [0.15, 0.2) is 4.34 Å². The minimum absolute atomic E-state index is 0.651. The second kappa shape index (κ2) is 7.23. The number of rotatable bonds is 7. The van der Waals surface area contributed by atoms with E-state index < -0.39 is 0 Å². The fourth-order valence-electron chi connectivity index (χ4n) is 1.31. The summed E-state index contributed by atoms with van der Waals surface area (Å²) in [4.78, 5) is 0. The topological polar surface area (TPSA) is 44.2 Å². The van der Waals surface area contributed by atoms with E-state index in [2.05, 4.69) is 10.2 Å². The first-order valence-corrected chi connectivity index (χ1v) is 7.49. The molecule has 2 rings (SSSR count). The standard InChI is InChI=1S/C12H14N2O2S2/c1-2-15-10-3-5-11(6-4-10)16-7-8-17-12-14-13-9-18-12/h3-6,9H,2,7-8H2,1H3. The molecule has 0 radical (unpaired) electrons. The van der Waals surface area contributed by atoms with E-state index in [0.717, 1.165) is 21.6 Å². The molecule has 1 aromatic heterocycles. The molecule has 0 amide bonds. The summed E-state index contributed by atoms with van der Waals surface area (Å²) in [6, 6.07) is 7.66. The van der Waals surface area contributed by atoms with Gasteiger partial charge in [0.2, 0.25) is 0 Å². The maximum Gasteiger partial charge on any atom is 0.174 e. The van der Waals surface area contributed by atoms with Crippen molar-refractivity contribution in [1.82, 2.24) is 10.2 Å². The van der Waals surface area contributed by atoms with Crippen LogP contribution < -0.4 is 9.47 Å². The van der Waals surface area contributed by atoms with Crippen molar-refractivity contribution in [1.29, 1.82) is 0 Å². The zero-order valence-corrected chi connectivity index (χ0v) is 11.7. The molecule has 0 aliphatic heterocycles. The molecule has 4 nitrogen and oxygen atoms in total. The van der Waals surface area contributed by atoms with Crippen molar-refractivity contribution in [3.8, 4) is 11.5 Å². The van der Waals surface area contributed by atoms with E-state index in [4.69, 9.17) is 9.47 Å². The number of aromatic nitrogens is 2. The highest BCUT2D eigenvalue weighted by atomic mass is 32.2. The highest BCUT2D eigenvalue weighted by Gasteiger charge is 1.99. The highest BCUT2D eigenvalue weighted by Crippen LogP contribution is 2.20. The van der Waals surface area contributed by atoms with E-state index in [9.17, 15) is 0 Å². The lowest BCUT2D eigenvalue weighted by atomic mass is 10.3. The molecular formula is C12H14N2O2S2. The van der Waals surface area contributed by atoms with Crippen LogP contribution in [-0.4, -0.2) is 29.2 Å². The predicted molar refractivity (Wildman–Crippen MR) is 73.7 cm³/mol. The largest absolute Gasteiger partial charge is 0.494 e. The zero-order valence-electron chi connectivity index (χ0n) is 10.0. The van der Waals surface area contributed by atoms with Crippen LogP contribution in [0.15, 0.2) is 34.1 Å². The second-order valence-electron chi connectivity index (χ2n) is 3.31. The van der Waals surface area contributed by atoms with E-state index in [1.165, 1.54) is 0 Å². The zero-order chi connectivity index (χ0) is 12.6. The van der Waals surface area contributed by atoms with E-state index in [0.29, 0.717) is 13.2 Å². The minimum Gasteiger partial charge on any atom is -0.494 e. The third-order valence-electron chi connectivity index (χ3n) is 2.05. The van der Waals surface area contributed by atoms with Crippen LogP contribution in [0, 0.1) is 0 Å². The maximum absolute atomic E-state index is 5.62. The number of hydrogen-bond acceptors (Lipinski definition) is 6. The molecule has 0 atom stereocenters. The molecule has 0 fully saturated rings. The number of nitrogens with zero attached hydrogens (tertiary/aromatic N) is 2. The SMILES string of the molecule is CCOc1ccc(OCCSc2nncs2)cc1. The fraction of sp³-hybridized carbons (Fsp3) is 0.333. The Hall–Kier alpha value is -1.27. The summed E-state index contributed by atoms with van der Waals surface area (Å²) < 4.78 is 12.0. The molecule has 96 valence electrons. The van der Waals surface area contributed by atoms with E-state index in [-0.39, 0.29) is 0 Å². The van der Waals surface area contributed by atoms with Gasteiger partial charge in [-0.25, -0.2) is 0 Å². The van der Waals surface area contributed by atoms with Gasteiger partial charge < -0.3 is 9.47 Å². The Labute approximate surface area is 114 Å². The predicted octanol–water partition coefficient (Wildman–Crippen LogP) is 3.11. The monoisotopic (exact) mass is 282 g/mol. The fourth-order valence-corrected chi connectivity index (χ4v) is 2.69. The first kappa shape index (κ1) is 13.2. The van der Waals surface area contributed by atoms with Gasteiger partial charge >= 0.3 is 0 Å². The number of thioether (sulfide) groups is 1. The van der Waals surface area contributed by atoms with Crippen LogP contribution in [0.2, 0.25) is 0 Å². The van der Waals surface area contributed by atoms with Gasteiger partial charge in [-0.2, -0.15) is 0 Å². The number of benzene rings is 1. The summed E-state index contributed by atoms with van der Waals surface area (Å²) in [5.41, 5.74) is 1.73. The molecule has 6 heteroatoms. The summed E-state index contributed by atoms with van der Waals surface area (Å²) in [6.45, 7) is 3.30. The first-order valence-electron chi connectivity index (χ1n) is 5.63. The summed E-state index contributed by atoms with van der Waals surface area (Å²) >= 11 is 3.20. The van der Waals surface area contributed by atoms with Crippen molar-refractivity contribution in [3.05, 3.63) is 29.8 Å². The molecule has 2 aromatic rings. The Morgan fingerprint density at radius 1 is 1.17 bits per heavy atom. The van der Waals surface area contributed by atoms with Crippen LogP contribution in [0.3, 0.4) is 0 Å². The maximum atomic E-state index is 5.62. The van der Waals surface area contributed by atoms with Crippen molar-refractivity contribution >= 4 is 23.1 Å². The van der Waals surface area contributed by atoms with Crippen LogP contribution in [-0.2, 0) is 0 Å². The number of ether oxygens (including phenoxy) is 2. The Kier molecular flexibility index (Phi) is 5.29. The van der Waals surface area contributed by atoms with Crippen LogP contribution in [0.5, 0.6) is 11.5 Å². The lowest BCUT2D eigenvalue weighted by Crippen LogP contribution is -2.00. The van der Waals surface area contributed by atoms with Crippen molar-refractivity contribution in [2.75, 3.05) is 19.0 Å². The quantitative estimate of drug-likeness (QED) is 0.576. The molecule has 0 aliphatic carbocycles. The van der Waals surface area contributed by atoms with E-state index in [1.54, 1.807) is 28.6 Å². The van der Waals surface area contributed by atoms with Gasteiger partial charge in [-0.15, -0.1) is 10.2 Å². The molecule has 0 saturated carbocycles. The van der Waals surface area contributed by atoms with Crippen molar-refractivity contribution < 1.29 is 9.47 Å². The molecule has 0 aliphatic rings. The lowest BCUT2D eigenvalue weighted by molar-refractivity contribution is 0.332. The summed E-state index contributed by atoms with van der Waals surface area (Å²) in [5, 5.41) is 7.73. The highest BCUT2D eigenvalue weighted by molar-refractivity contribution is 8.01. The van der Waals surface area contributed by atoms with Gasteiger partial charge in [-0.1, -0.05) is 23.1 Å². The van der Waals surface area contributed by atoms with E-state index >= 15 is 0 Å². The smallest absolute Gasteiger partial charge is 0.174 e. The van der Waals surface area contributed by atoms with Crippen LogP contribution in [0.4, 0.5) is 0 Å². The van der Waals surface area contributed by atoms with Crippen LogP contribution in [0.1, 0.15) is 6.92 Å². The summed E-state index contributed by atoms with van der Waals surface area (Å²) in [5.74, 6) is 2.59. The van der Waals surface area contributed by atoms with Gasteiger partial charge in [0.1, 0.15) is 17.0 Å². The van der Waals surface area contributed by atoms with E-state index in [1.807, 2.05) is 31.2 Å². The third-order valence-corrected chi connectivity index (χ3v) is 3.88. The lowest BCUT2D eigenvalue weighted by Gasteiger charge is -2.06. The molecule has 0 unspecified atom stereocenters. The molecule has 1 heterocycles. The van der Waals surface area contributed by atoms with Crippen molar-refractivity contribution in [2.24, 2.45) is 0 Å². The first-order chi connectivity index (χ1) is 8.88. The average Bonchev–Trinajstić information content (AvgIpc) is 2.90. The normalized spacial score (nSPS) is 10.3. The van der Waals surface area contributed by atoms with Gasteiger partial charge in [-0.3, -0.25) is 0 Å². The molecular weight excluding hydrogens is 268 g/mol. The second-order valence-corrected chi connectivity index (χ2v) is 5.48.